The second-order valence-electron chi connectivity index (χ2n) is 3.93. The number of hydrogen-bond acceptors (Lipinski definition) is 3. The number of hydrogen-bond donors (Lipinski definition) is 2. The molecule has 0 bridgehead atoms. The molecule has 102 valence electrons. The van der Waals surface area contributed by atoms with Crippen molar-refractivity contribution in [2.75, 3.05) is 13.1 Å². The molecule has 1 aromatic carbocycles. The lowest BCUT2D eigenvalue weighted by atomic mass is 10.2. The van der Waals surface area contributed by atoms with Crippen molar-refractivity contribution in [3.05, 3.63) is 29.6 Å². The Kier molecular flexibility index (Phi) is 5.71. The van der Waals surface area contributed by atoms with Crippen LogP contribution in [0.1, 0.15) is 25.8 Å². The molecule has 4 nitrogen and oxygen atoms in total. The van der Waals surface area contributed by atoms with Crippen LogP contribution in [0.3, 0.4) is 0 Å². The summed E-state index contributed by atoms with van der Waals surface area (Å²) in [5.41, 5.74) is 0.575. The summed E-state index contributed by atoms with van der Waals surface area (Å²) in [4.78, 5) is 0.00736. The van der Waals surface area contributed by atoms with Gasteiger partial charge in [-0.1, -0.05) is 19.9 Å². The molecule has 0 radical (unpaired) electrons. The summed E-state index contributed by atoms with van der Waals surface area (Å²) in [5.74, 6) is -0.550. The summed E-state index contributed by atoms with van der Waals surface area (Å²) in [6.07, 6.45) is 0.955. The van der Waals surface area contributed by atoms with Gasteiger partial charge in [0.2, 0.25) is 10.0 Å². The summed E-state index contributed by atoms with van der Waals surface area (Å²) in [7, 11) is -3.63. The Morgan fingerprint density at radius 2 is 2.00 bits per heavy atom. The third kappa shape index (κ3) is 4.04. The lowest BCUT2D eigenvalue weighted by Gasteiger charge is -2.11. The van der Waals surface area contributed by atoms with E-state index in [1.165, 1.54) is 12.1 Å². The van der Waals surface area contributed by atoms with Crippen LogP contribution in [0.15, 0.2) is 23.1 Å². The molecule has 1 aromatic rings. The van der Waals surface area contributed by atoms with Crippen molar-refractivity contribution in [1.82, 2.24) is 10.0 Å². The smallest absolute Gasteiger partial charge is 0.240 e. The molecule has 1 rings (SSSR count). The van der Waals surface area contributed by atoms with Gasteiger partial charge in [-0.05, 0) is 30.7 Å². The zero-order chi connectivity index (χ0) is 13.6. The van der Waals surface area contributed by atoms with Gasteiger partial charge in [0.25, 0.3) is 0 Å². The number of rotatable bonds is 7. The van der Waals surface area contributed by atoms with Crippen molar-refractivity contribution < 1.29 is 12.8 Å². The Balaban J connectivity index is 3.04. The molecule has 0 heterocycles. The van der Waals surface area contributed by atoms with Crippen LogP contribution >= 0.6 is 0 Å². The first-order valence-electron chi connectivity index (χ1n) is 6.00. The van der Waals surface area contributed by atoms with Gasteiger partial charge in [0.1, 0.15) is 5.82 Å². The van der Waals surface area contributed by atoms with E-state index >= 15 is 0 Å². The maximum Gasteiger partial charge on any atom is 0.240 e. The number of sulfonamides is 1. The topological polar surface area (TPSA) is 58.2 Å². The fourth-order valence-corrected chi connectivity index (χ4v) is 2.88. The molecule has 0 aliphatic rings. The van der Waals surface area contributed by atoms with Crippen LogP contribution in [0.25, 0.3) is 0 Å². The van der Waals surface area contributed by atoms with Gasteiger partial charge >= 0.3 is 0 Å². The molecule has 0 amide bonds. The molecule has 6 heteroatoms. The van der Waals surface area contributed by atoms with Crippen LogP contribution < -0.4 is 10.0 Å². The van der Waals surface area contributed by atoms with Crippen LogP contribution in [0.2, 0.25) is 0 Å². The minimum absolute atomic E-state index is 0.00736. The predicted molar refractivity (Wildman–Crippen MR) is 69.3 cm³/mol. The molecule has 0 spiro atoms. The first-order valence-corrected chi connectivity index (χ1v) is 7.48. The first kappa shape index (κ1) is 15.1. The molecule has 0 aromatic heterocycles. The monoisotopic (exact) mass is 274 g/mol. The average molecular weight is 274 g/mol. The minimum Gasteiger partial charge on any atom is -0.313 e. The fourth-order valence-electron chi connectivity index (χ4n) is 1.59. The van der Waals surface area contributed by atoms with Gasteiger partial charge in [-0.3, -0.25) is 0 Å². The molecule has 18 heavy (non-hydrogen) atoms. The second kappa shape index (κ2) is 6.82. The van der Waals surface area contributed by atoms with E-state index in [0.717, 1.165) is 19.0 Å². The highest BCUT2D eigenvalue weighted by Crippen LogP contribution is 2.17. The van der Waals surface area contributed by atoms with Crippen LogP contribution in [-0.2, 0) is 16.6 Å². The molecule has 0 saturated carbocycles. The SMILES string of the molecule is CCCNCc1ccc(F)cc1S(=O)(=O)NCC. The number of halogens is 1. The lowest BCUT2D eigenvalue weighted by Crippen LogP contribution is -2.26. The van der Waals surface area contributed by atoms with E-state index in [9.17, 15) is 12.8 Å². The molecule has 0 aliphatic carbocycles. The van der Waals surface area contributed by atoms with Crippen molar-refractivity contribution in [3.63, 3.8) is 0 Å². The van der Waals surface area contributed by atoms with Crippen molar-refractivity contribution in [2.45, 2.75) is 31.7 Å². The Morgan fingerprint density at radius 3 is 2.61 bits per heavy atom. The number of benzene rings is 1. The van der Waals surface area contributed by atoms with Crippen molar-refractivity contribution >= 4 is 10.0 Å². The summed E-state index contributed by atoms with van der Waals surface area (Å²) in [6, 6.07) is 3.83. The molecular weight excluding hydrogens is 255 g/mol. The highest BCUT2D eigenvalue weighted by molar-refractivity contribution is 7.89. The predicted octanol–water partition coefficient (Wildman–Crippen LogP) is 1.62. The molecule has 0 atom stereocenters. The van der Waals surface area contributed by atoms with Gasteiger partial charge < -0.3 is 5.32 Å². The van der Waals surface area contributed by atoms with Crippen LogP contribution in [0, 0.1) is 5.82 Å². The normalized spacial score (nSPS) is 11.7. The van der Waals surface area contributed by atoms with Gasteiger partial charge in [0, 0.05) is 13.1 Å². The summed E-state index contributed by atoms with van der Waals surface area (Å²) >= 11 is 0. The molecular formula is C12H19FN2O2S. The standard InChI is InChI=1S/C12H19FN2O2S/c1-3-7-14-9-10-5-6-11(13)8-12(10)18(16,17)15-4-2/h5-6,8,14-15H,3-4,7,9H2,1-2H3. The Bertz CT molecular complexity index is 489. The number of nitrogens with one attached hydrogen (secondary N) is 2. The molecule has 0 fully saturated rings. The lowest BCUT2D eigenvalue weighted by molar-refractivity contribution is 0.575. The van der Waals surface area contributed by atoms with E-state index in [4.69, 9.17) is 0 Å². The van der Waals surface area contributed by atoms with Crippen molar-refractivity contribution in [2.24, 2.45) is 0 Å². The van der Waals surface area contributed by atoms with E-state index in [-0.39, 0.29) is 11.4 Å². The summed E-state index contributed by atoms with van der Waals surface area (Å²) in [5, 5.41) is 3.11. The third-order valence-electron chi connectivity index (χ3n) is 2.40. The van der Waals surface area contributed by atoms with Crippen molar-refractivity contribution in [3.8, 4) is 0 Å². The maximum atomic E-state index is 13.2. The quantitative estimate of drug-likeness (QED) is 0.743. The Morgan fingerprint density at radius 1 is 1.28 bits per heavy atom. The van der Waals surface area contributed by atoms with Gasteiger partial charge in [0.15, 0.2) is 0 Å². The van der Waals surface area contributed by atoms with E-state index in [2.05, 4.69) is 10.0 Å². The molecule has 0 aliphatic heterocycles. The molecule has 0 saturated heterocycles. The maximum absolute atomic E-state index is 13.2. The van der Waals surface area contributed by atoms with Crippen LogP contribution in [-0.4, -0.2) is 21.5 Å². The van der Waals surface area contributed by atoms with Crippen molar-refractivity contribution in [1.29, 1.82) is 0 Å². The largest absolute Gasteiger partial charge is 0.313 e. The Hall–Kier alpha value is -0.980. The summed E-state index contributed by atoms with van der Waals surface area (Å²) < 4.78 is 39.4. The van der Waals surface area contributed by atoms with E-state index in [1.54, 1.807) is 6.92 Å². The first-order chi connectivity index (χ1) is 8.51. The zero-order valence-corrected chi connectivity index (χ0v) is 11.5. The molecule has 0 unspecified atom stereocenters. The van der Waals surface area contributed by atoms with E-state index < -0.39 is 15.8 Å². The van der Waals surface area contributed by atoms with Gasteiger partial charge in [0.05, 0.1) is 4.90 Å². The molecule has 2 N–H and O–H groups in total. The second-order valence-corrected chi connectivity index (χ2v) is 5.67. The van der Waals surface area contributed by atoms with Gasteiger partial charge in [-0.2, -0.15) is 0 Å². The average Bonchev–Trinajstić information content (AvgIpc) is 2.31. The highest BCUT2D eigenvalue weighted by atomic mass is 32.2. The fraction of sp³-hybridized carbons (Fsp3) is 0.500. The van der Waals surface area contributed by atoms with Crippen LogP contribution in [0.5, 0.6) is 0 Å². The van der Waals surface area contributed by atoms with E-state index in [1.807, 2.05) is 6.92 Å². The zero-order valence-electron chi connectivity index (χ0n) is 10.7. The van der Waals surface area contributed by atoms with Crippen LogP contribution in [0.4, 0.5) is 4.39 Å². The minimum atomic E-state index is -3.63. The van der Waals surface area contributed by atoms with Gasteiger partial charge in [-0.15, -0.1) is 0 Å². The highest BCUT2D eigenvalue weighted by Gasteiger charge is 2.18. The third-order valence-corrected chi connectivity index (χ3v) is 4.02. The van der Waals surface area contributed by atoms with Gasteiger partial charge in [-0.25, -0.2) is 17.5 Å². The Labute approximate surface area is 108 Å². The summed E-state index contributed by atoms with van der Waals surface area (Å²) in [6.45, 7) is 5.19. The van der Waals surface area contributed by atoms with E-state index in [0.29, 0.717) is 12.1 Å².